The van der Waals surface area contributed by atoms with Gasteiger partial charge in [0.05, 0.1) is 15.0 Å². The van der Waals surface area contributed by atoms with Gasteiger partial charge in [0.25, 0.3) is 0 Å². The molecule has 2 aliphatic heterocycles. The van der Waals surface area contributed by atoms with Crippen molar-refractivity contribution in [1.29, 1.82) is 0 Å². The predicted molar refractivity (Wildman–Crippen MR) is 118 cm³/mol. The van der Waals surface area contributed by atoms with E-state index in [-0.39, 0.29) is 12.1 Å². The minimum absolute atomic E-state index is 0.267. The van der Waals surface area contributed by atoms with Crippen LogP contribution < -0.4 is 0 Å². The highest BCUT2D eigenvalue weighted by molar-refractivity contribution is 7.92. The fraction of sp³-hybridized carbons (Fsp3) is 0.478. The summed E-state index contributed by atoms with van der Waals surface area (Å²) in [7, 11) is -7.17. The maximum absolute atomic E-state index is 13.8. The Labute approximate surface area is 180 Å². The fourth-order valence-corrected chi connectivity index (χ4v) is 9.55. The summed E-state index contributed by atoms with van der Waals surface area (Å²) in [5.74, 6) is 0. The maximum Gasteiger partial charge on any atom is 0.244 e. The van der Waals surface area contributed by atoms with Crippen molar-refractivity contribution in [3.8, 4) is 0 Å². The van der Waals surface area contributed by atoms with Gasteiger partial charge in [0.1, 0.15) is 0 Å². The second-order valence-corrected chi connectivity index (χ2v) is 12.8. The zero-order valence-corrected chi connectivity index (χ0v) is 19.6. The van der Waals surface area contributed by atoms with Crippen LogP contribution in [0.25, 0.3) is 0 Å². The summed E-state index contributed by atoms with van der Waals surface area (Å²) in [6, 6.07) is 10.0. The van der Waals surface area contributed by atoms with Crippen molar-refractivity contribution >= 4 is 19.9 Å². The van der Waals surface area contributed by atoms with E-state index in [1.54, 1.807) is 34.6 Å². The standard InChI is InChI=1S/C23H29NO4S2/c1-15-12-16(2)18(4)23(17(15)3)30(27,28)24-19-10-11-20(24)14-22(13-19)29(25,26)21-8-6-5-7-9-21/h5-9,12,19-20,22H,10-11,13-14H2,1-4H3/t19-,20+,22?. The van der Waals surface area contributed by atoms with Gasteiger partial charge in [0.2, 0.25) is 10.0 Å². The highest BCUT2D eigenvalue weighted by atomic mass is 32.2. The van der Waals surface area contributed by atoms with Crippen LogP contribution in [0.15, 0.2) is 46.2 Å². The zero-order valence-electron chi connectivity index (χ0n) is 17.9. The third kappa shape index (κ3) is 3.31. The van der Waals surface area contributed by atoms with Crippen LogP contribution in [-0.4, -0.2) is 38.5 Å². The molecule has 2 saturated heterocycles. The average molecular weight is 448 g/mol. The number of nitrogens with zero attached hydrogens (tertiary/aromatic N) is 1. The molecule has 7 heteroatoms. The van der Waals surface area contributed by atoms with Gasteiger partial charge in [-0.05, 0) is 87.8 Å². The Morgan fingerprint density at radius 2 is 1.30 bits per heavy atom. The van der Waals surface area contributed by atoms with Gasteiger partial charge in [-0.3, -0.25) is 0 Å². The molecule has 4 rings (SSSR count). The quantitative estimate of drug-likeness (QED) is 0.708. The first-order valence-electron chi connectivity index (χ1n) is 10.4. The number of hydrogen-bond donors (Lipinski definition) is 0. The van der Waals surface area contributed by atoms with Crippen molar-refractivity contribution in [2.75, 3.05) is 0 Å². The smallest absolute Gasteiger partial charge is 0.223 e. The Morgan fingerprint density at radius 1 is 0.800 bits per heavy atom. The Morgan fingerprint density at radius 3 is 1.80 bits per heavy atom. The Balaban J connectivity index is 1.70. The molecule has 5 nitrogen and oxygen atoms in total. The molecule has 162 valence electrons. The van der Waals surface area contributed by atoms with Crippen molar-refractivity contribution in [2.24, 2.45) is 0 Å². The first-order valence-corrected chi connectivity index (χ1v) is 13.4. The lowest BCUT2D eigenvalue weighted by Crippen LogP contribution is -2.49. The molecule has 0 saturated carbocycles. The zero-order chi connectivity index (χ0) is 21.8. The lowest BCUT2D eigenvalue weighted by atomic mass is 10.0. The van der Waals surface area contributed by atoms with Gasteiger partial charge in [-0.15, -0.1) is 0 Å². The monoisotopic (exact) mass is 447 g/mol. The molecule has 0 N–H and O–H groups in total. The van der Waals surface area contributed by atoms with Crippen LogP contribution in [0.4, 0.5) is 0 Å². The average Bonchev–Trinajstić information content (AvgIpc) is 2.98. The third-order valence-electron chi connectivity index (χ3n) is 6.97. The minimum atomic E-state index is -3.70. The van der Waals surface area contributed by atoms with E-state index < -0.39 is 25.1 Å². The molecule has 3 atom stereocenters. The molecule has 0 spiro atoms. The van der Waals surface area contributed by atoms with Crippen molar-refractivity contribution in [2.45, 2.75) is 80.5 Å². The van der Waals surface area contributed by atoms with Gasteiger partial charge in [0, 0.05) is 12.1 Å². The number of hydrogen-bond acceptors (Lipinski definition) is 4. The van der Waals surface area contributed by atoms with E-state index in [2.05, 4.69) is 0 Å². The van der Waals surface area contributed by atoms with Crippen LogP contribution in [0.2, 0.25) is 0 Å². The molecule has 0 aromatic heterocycles. The fourth-order valence-electron chi connectivity index (χ4n) is 5.21. The summed E-state index contributed by atoms with van der Waals surface area (Å²) >= 11 is 0. The summed E-state index contributed by atoms with van der Waals surface area (Å²) in [4.78, 5) is 0.730. The summed E-state index contributed by atoms with van der Waals surface area (Å²) in [5, 5.41) is -0.537. The second kappa shape index (κ2) is 7.46. The summed E-state index contributed by atoms with van der Waals surface area (Å²) < 4.78 is 55.6. The lowest BCUT2D eigenvalue weighted by molar-refractivity contribution is 0.248. The molecule has 1 unspecified atom stereocenters. The van der Waals surface area contributed by atoms with E-state index in [0.29, 0.717) is 35.5 Å². The molecule has 2 bridgehead atoms. The molecule has 2 aromatic rings. The Hall–Kier alpha value is -1.70. The SMILES string of the molecule is Cc1cc(C)c(C)c(S(=O)(=O)N2[C@@H]3CC[C@H]2CC(S(=O)(=O)c2ccccc2)C3)c1C. The molecule has 30 heavy (non-hydrogen) atoms. The summed E-state index contributed by atoms with van der Waals surface area (Å²) in [6.45, 7) is 7.61. The molecular weight excluding hydrogens is 418 g/mol. The molecular formula is C23H29NO4S2. The van der Waals surface area contributed by atoms with E-state index in [1.165, 1.54) is 0 Å². The van der Waals surface area contributed by atoms with Crippen LogP contribution in [0.1, 0.15) is 47.9 Å². The van der Waals surface area contributed by atoms with Gasteiger partial charge in [-0.1, -0.05) is 24.3 Å². The Kier molecular flexibility index (Phi) is 5.36. The van der Waals surface area contributed by atoms with Gasteiger partial charge in [-0.2, -0.15) is 4.31 Å². The van der Waals surface area contributed by atoms with Gasteiger partial charge >= 0.3 is 0 Å². The molecule has 0 aliphatic carbocycles. The number of sulfonamides is 1. The number of piperidine rings is 1. The lowest BCUT2D eigenvalue weighted by Gasteiger charge is -2.38. The number of fused-ring (bicyclic) bond motifs is 2. The molecule has 2 aromatic carbocycles. The number of rotatable bonds is 4. The summed E-state index contributed by atoms with van der Waals surface area (Å²) in [5.41, 5.74) is 3.50. The van der Waals surface area contributed by atoms with Crippen LogP contribution in [0, 0.1) is 27.7 Å². The maximum atomic E-state index is 13.8. The number of aryl methyl sites for hydroxylation is 2. The van der Waals surface area contributed by atoms with E-state index in [9.17, 15) is 16.8 Å². The van der Waals surface area contributed by atoms with Crippen molar-refractivity contribution in [1.82, 2.24) is 4.31 Å². The predicted octanol–water partition coefficient (Wildman–Crippen LogP) is 4.08. The summed E-state index contributed by atoms with van der Waals surface area (Å²) in [6.07, 6.45) is 2.15. The minimum Gasteiger partial charge on any atom is -0.223 e. The largest absolute Gasteiger partial charge is 0.244 e. The third-order valence-corrected chi connectivity index (χ3v) is 11.4. The van der Waals surface area contributed by atoms with E-state index in [4.69, 9.17) is 0 Å². The molecule has 0 amide bonds. The normalized spacial score (nSPS) is 24.9. The molecule has 2 heterocycles. The second-order valence-electron chi connectivity index (χ2n) is 8.76. The van der Waals surface area contributed by atoms with Crippen LogP contribution in [0.3, 0.4) is 0 Å². The van der Waals surface area contributed by atoms with E-state index >= 15 is 0 Å². The van der Waals surface area contributed by atoms with Crippen molar-refractivity contribution in [3.05, 3.63) is 58.7 Å². The van der Waals surface area contributed by atoms with Crippen molar-refractivity contribution in [3.63, 3.8) is 0 Å². The van der Waals surface area contributed by atoms with Gasteiger partial charge < -0.3 is 0 Å². The van der Waals surface area contributed by atoms with Crippen LogP contribution in [0.5, 0.6) is 0 Å². The topological polar surface area (TPSA) is 71.5 Å². The first kappa shape index (κ1) is 21.5. The highest BCUT2D eigenvalue weighted by Crippen LogP contribution is 2.44. The van der Waals surface area contributed by atoms with E-state index in [1.807, 2.05) is 33.8 Å². The molecule has 0 radical (unpaired) electrons. The van der Waals surface area contributed by atoms with Crippen molar-refractivity contribution < 1.29 is 16.8 Å². The first-order chi connectivity index (χ1) is 14.0. The Bertz CT molecular complexity index is 1150. The van der Waals surface area contributed by atoms with E-state index in [0.717, 1.165) is 22.3 Å². The van der Waals surface area contributed by atoms with Crippen LogP contribution in [-0.2, 0) is 19.9 Å². The number of benzene rings is 2. The molecule has 2 aliphatic rings. The van der Waals surface area contributed by atoms with Gasteiger partial charge in [-0.25, -0.2) is 16.8 Å². The molecule has 2 fully saturated rings. The van der Waals surface area contributed by atoms with Crippen LogP contribution >= 0.6 is 0 Å². The van der Waals surface area contributed by atoms with Gasteiger partial charge in [0.15, 0.2) is 9.84 Å². The number of sulfone groups is 1. The highest BCUT2D eigenvalue weighted by Gasteiger charge is 2.50.